The number of aromatic nitrogens is 3. The van der Waals surface area contributed by atoms with E-state index in [0.717, 1.165) is 16.8 Å². The molecule has 3 aromatic rings. The molecule has 0 aliphatic rings. The fourth-order valence-corrected chi connectivity index (χ4v) is 2.39. The van der Waals surface area contributed by atoms with E-state index in [0.29, 0.717) is 24.7 Å². The van der Waals surface area contributed by atoms with E-state index in [1.54, 1.807) is 19.3 Å². The van der Waals surface area contributed by atoms with Gasteiger partial charge >= 0.3 is 0 Å². The van der Waals surface area contributed by atoms with Crippen LogP contribution in [0.3, 0.4) is 0 Å². The van der Waals surface area contributed by atoms with Gasteiger partial charge in [0.25, 0.3) is 0 Å². The molecule has 24 heavy (non-hydrogen) atoms. The third-order valence-corrected chi connectivity index (χ3v) is 3.52. The van der Waals surface area contributed by atoms with Crippen molar-refractivity contribution >= 4 is 0 Å². The van der Waals surface area contributed by atoms with Crippen molar-refractivity contribution in [2.75, 3.05) is 6.54 Å². The van der Waals surface area contributed by atoms with Gasteiger partial charge in [-0.3, -0.25) is 0 Å². The Balaban J connectivity index is 1.77. The molecule has 0 saturated heterocycles. The van der Waals surface area contributed by atoms with Crippen LogP contribution >= 0.6 is 0 Å². The number of imidazole rings is 1. The SMILES string of the molecule is C[C@H](O)c1nccn1Cc1cc(-c2ccc(C#CCN)cc2)on1. The van der Waals surface area contributed by atoms with Gasteiger partial charge in [-0.15, -0.1) is 0 Å². The molecule has 0 bridgehead atoms. The summed E-state index contributed by atoms with van der Waals surface area (Å²) in [6.07, 6.45) is 2.83. The number of nitrogens with zero attached hydrogens (tertiary/aromatic N) is 3. The number of aliphatic hydroxyl groups excluding tert-OH is 1. The van der Waals surface area contributed by atoms with Crippen LogP contribution in [0, 0.1) is 11.8 Å². The van der Waals surface area contributed by atoms with Gasteiger partial charge in [0.15, 0.2) is 5.76 Å². The van der Waals surface area contributed by atoms with E-state index in [4.69, 9.17) is 10.3 Å². The predicted molar refractivity (Wildman–Crippen MR) is 89.8 cm³/mol. The predicted octanol–water partition coefficient (Wildman–Crippen LogP) is 1.95. The van der Waals surface area contributed by atoms with Gasteiger partial charge in [0.05, 0.1) is 13.1 Å². The summed E-state index contributed by atoms with van der Waals surface area (Å²) in [5, 5.41) is 13.8. The summed E-state index contributed by atoms with van der Waals surface area (Å²) in [6, 6.07) is 9.59. The molecule has 0 amide bonds. The first-order chi connectivity index (χ1) is 11.7. The third-order valence-electron chi connectivity index (χ3n) is 3.52. The summed E-state index contributed by atoms with van der Waals surface area (Å²) in [5.41, 5.74) is 7.96. The lowest BCUT2D eigenvalue weighted by Crippen LogP contribution is -2.07. The molecule has 6 nitrogen and oxygen atoms in total. The van der Waals surface area contributed by atoms with Gasteiger partial charge in [0, 0.05) is 29.6 Å². The van der Waals surface area contributed by atoms with E-state index in [-0.39, 0.29) is 0 Å². The minimum atomic E-state index is -0.631. The molecule has 1 atom stereocenters. The topological polar surface area (TPSA) is 90.1 Å². The van der Waals surface area contributed by atoms with Gasteiger partial charge in [-0.1, -0.05) is 17.0 Å². The zero-order valence-electron chi connectivity index (χ0n) is 13.3. The number of nitrogens with two attached hydrogens (primary N) is 1. The lowest BCUT2D eigenvalue weighted by molar-refractivity contribution is 0.184. The number of hydrogen-bond donors (Lipinski definition) is 2. The Hall–Kier alpha value is -2.88. The maximum atomic E-state index is 9.70. The Morgan fingerprint density at radius 3 is 2.83 bits per heavy atom. The Bertz CT molecular complexity index is 866. The van der Waals surface area contributed by atoms with Crippen LogP contribution < -0.4 is 5.73 Å². The maximum absolute atomic E-state index is 9.70. The van der Waals surface area contributed by atoms with Gasteiger partial charge in [-0.2, -0.15) is 0 Å². The second-order valence-corrected chi connectivity index (χ2v) is 5.36. The molecule has 0 aliphatic carbocycles. The van der Waals surface area contributed by atoms with Crippen LogP contribution in [0.1, 0.15) is 30.1 Å². The Kier molecular flexibility index (Phi) is 4.75. The molecule has 2 aromatic heterocycles. The van der Waals surface area contributed by atoms with E-state index in [9.17, 15) is 5.11 Å². The summed E-state index contributed by atoms with van der Waals surface area (Å²) < 4.78 is 7.26. The lowest BCUT2D eigenvalue weighted by atomic mass is 10.1. The Morgan fingerprint density at radius 1 is 1.33 bits per heavy atom. The first kappa shape index (κ1) is 16.0. The largest absolute Gasteiger partial charge is 0.385 e. The Morgan fingerprint density at radius 2 is 2.12 bits per heavy atom. The van der Waals surface area contributed by atoms with Gasteiger partial charge in [0.2, 0.25) is 0 Å². The molecule has 0 spiro atoms. The maximum Gasteiger partial charge on any atom is 0.167 e. The summed E-state index contributed by atoms with van der Waals surface area (Å²) in [4.78, 5) is 4.14. The van der Waals surface area contributed by atoms with Crippen LogP contribution in [-0.2, 0) is 6.54 Å². The molecule has 1 aromatic carbocycles. The number of aliphatic hydroxyl groups is 1. The molecule has 122 valence electrons. The van der Waals surface area contributed by atoms with Gasteiger partial charge < -0.3 is 19.9 Å². The summed E-state index contributed by atoms with van der Waals surface area (Å²) >= 11 is 0. The highest BCUT2D eigenvalue weighted by atomic mass is 16.5. The molecule has 3 N–H and O–H groups in total. The minimum absolute atomic E-state index is 0.343. The fourth-order valence-electron chi connectivity index (χ4n) is 2.39. The number of benzene rings is 1. The second-order valence-electron chi connectivity index (χ2n) is 5.36. The van der Waals surface area contributed by atoms with Crippen molar-refractivity contribution in [3.05, 3.63) is 59.8 Å². The highest BCUT2D eigenvalue weighted by Crippen LogP contribution is 2.21. The van der Waals surface area contributed by atoms with E-state index in [2.05, 4.69) is 22.0 Å². The molecule has 0 aliphatic heterocycles. The highest BCUT2D eigenvalue weighted by Gasteiger charge is 2.12. The molecule has 3 rings (SSSR count). The first-order valence-corrected chi connectivity index (χ1v) is 7.61. The van der Waals surface area contributed by atoms with Crippen LogP contribution in [0.2, 0.25) is 0 Å². The van der Waals surface area contributed by atoms with Crippen molar-refractivity contribution in [3.63, 3.8) is 0 Å². The number of hydrogen-bond acceptors (Lipinski definition) is 5. The van der Waals surface area contributed by atoms with E-state index < -0.39 is 6.10 Å². The summed E-state index contributed by atoms with van der Waals surface area (Å²) in [5.74, 6) is 7.08. The van der Waals surface area contributed by atoms with Gasteiger partial charge in [0.1, 0.15) is 17.6 Å². The van der Waals surface area contributed by atoms with E-state index >= 15 is 0 Å². The molecular weight excluding hydrogens is 304 g/mol. The number of rotatable bonds is 4. The normalized spacial score (nSPS) is 11.8. The molecule has 0 saturated carbocycles. The Labute approximate surface area is 139 Å². The van der Waals surface area contributed by atoms with Crippen LogP contribution in [0.4, 0.5) is 0 Å². The van der Waals surface area contributed by atoms with Crippen molar-refractivity contribution in [3.8, 4) is 23.2 Å². The monoisotopic (exact) mass is 322 g/mol. The first-order valence-electron chi connectivity index (χ1n) is 7.61. The quantitative estimate of drug-likeness (QED) is 0.717. The van der Waals surface area contributed by atoms with Gasteiger partial charge in [-0.25, -0.2) is 4.98 Å². The van der Waals surface area contributed by atoms with Crippen LogP contribution in [-0.4, -0.2) is 26.4 Å². The summed E-state index contributed by atoms with van der Waals surface area (Å²) in [7, 11) is 0. The third kappa shape index (κ3) is 3.54. The van der Waals surface area contributed by atoms with Crippen molar-refractivity contribution in [1.29, 1.82) is 0 Å². The molecular formula is C18H18N4O2. The van der Waals surface area contributed by atoms with Crippen molar-refractivity contribution in [2.24, 2.45) is 5.73 Å². The van der Waals surface area contributed by atoms with Crippen LogP contribution in [0.15, 0.2) is 47.2 Å². The van der Waals surface area contributed by atoms with Crippen LogP contribution in [0.5, 0.6) is 0 Å². The second kappa shape index (κ2) is 7.13. The zero-order chi connectivity index (χ0) is 16.9. The minimum Gasteiger partial charge on any atom is -0.385 e. The summed E-state index contributed by atoms with van der Waals surface area (Å²) in [6.45, 7) is 2.52. The van der Waals surface area contributed by atoms with Crippen molar-refractivity contribution in [1.82, 2.24) is 14.7 Å². The average molecular weight is 322 g/mol. The highest BCUT2D eigenvalue weighted by molar-refractivity contribution is 5.59. The lowest BCUT2D eigenvalue weighted by Gasteiger charge is -2.07. The smallest absolute Gasteiger partial charge is 0.167 e. The van der Waals surface area contributed by atoms with Crippen molar-refractivity contribution in [2.45, 2.75) is 19.6 Å². The van der Waals surface area contributed by atoms with Crippen molar-refractivity contribution < 1.29 is 9.63 Å². The standard InChI is InChI=1S/C18H18N4O2/c1-13(23)18-20-9-10-22(18)12-16-11-17(24-21-16)15-6-4-14(5-7-15)3-2-8-19/h4-7,9-11,13,23H,8,12,19H2,1H3/t13-/m0/s1. The molecule has 6 heteroatoms. The molecule has 0 radical (unpaired) electrons. The van der Waals surface area contributed by atoms with Gasteiger partial charge in [-0.05, 0) is 31.2 Å². The zero-order valence-corrected chi connectivity index (χ0v) is 13.3. The molecule has 0 unspecified atom stereocenters. The molecule has 0 fully saturated rings. The fraction of sp³-hybridized carbons (Fsp3) is 0.222. The molecule has 2 heterocycles. The van der Waals surface area contributed by atoms with E-state index in [1.165, 1.54) is 0 Å². The van der Waals surface area contributed by atoms with E-state index in [1.807, 2.05) is 34.9 Å². The van der Waals surface area contributed by atoms with Crippen LogP contribution in [0.25, 0.3) is 11.3 Å². The average Bonchev–Trinajstić information content (AvgIpc) is 3.23.